The third-order valence-electron chi connectivity index (χ3n) is 2.71. The van der Waals surface area contributed by atoms with Crippen molar-refractivity contribution in [2.45, 2.75) is 6.54 Å². The molecule has 0 saturated heterocycles. The first-order valence-electron chi connectivity index (χ1n) is 6.02. The minimum Gasteiger partial charge on any atom is -0.497 e. The van der Waals surface area contributed by atoms with Crippen LogP contribution in [0.2, 0.25) is 0 Å². The van der Waals surface area contributed by atoms with Crippen LogP contribution < -0.4 is 4.74 Å². The maximum Gasteiger partial charge on any atom is 0.358 e. The van der Waals surface area contributed by atoms with Gasteiger partial charge in [0, 0.05) is 18.2 Å². The molecule has 106 valence electrons. The molecule has 2 aromatic rings. The molecule has 6 heteroatoms. The summed E-state index contributed by atoms with van der Waals surface area (Å²) in [5.74, 6) is -0.0228. The topological polar surface area (TPSA) is 75.8 Å². The van der Waals surface area contributed by atoms with Crippen LogP contribution in [0.15, 0.2) is 28.8 Å². The third-order valence-corrected chi connectivity index (χ3v) is 2.71. The lowest BCUT2D eigenvalue weighted by atomic mass is 10.1. The minimum atomic E-state index is -1.11. The largest absolute Gasteiger partial charge is 0.497 e. The summed E-state index contributed by atoms with van der Waals surface area (Å²) in [7, 11) is 5.52. The number of methoxy groups -OCH3 is 1. The number of carbonyl (C=O) groups is 1. The molecular formula is C14H16N2O4. The highest BCUT2D eigenvalue weighted by molar-refractivity contribution is 5.86. The molecule has 0 amide bonds. The molecule has 2 rings (SSSR count). The quantitative estimate of drug-likeness (QED) is 0.901. The number of aromatic nitrogens is 1. The van der Waals surface area contributed by atoms with Gasteiger partial charge in [-0.05, 0) is 37.9 Å². The van der Waals surface area contributed by atoms with Gasteiger partial charge >= 0.3 is 5.97 Å². The van der Waals surface area contributed by atoms with Crippen LogP contribution in [-0.4, -0.2) is 42.3 Å². The number of carboxylic acids is 1. The maximum atomic E-state index is 10.8. The predicted molar refractivity (Wildman–Crippen MR) is 72.8 cm³/mol. The van der Waals surface area contributed by atoms with Crippen LogP contribution in [0, 0.1) is 0 Å². The van der Waals surface area contributed by atoms with Crippen molar-refractivity contribution >= 4 is 5.97 Å². The first-order chi connectivity index (χ1) is 9.49. The van der Waals surface area contributed by atoms with Crippen molar-refractivity contribution in [2.75, 3.05) is 21.2 Å². The van der Waals surface area contributed by atoms with Crippen LogP contribution in [-0.2, 0) is 6.54 Å². The van der Waals surface area contributed by atoms with Crippen LogP contribution in [0.4, 0.5) is 0 Å². The fourth-order valence-electron chi connectivity index (χ4n) is 1.89. The van der Waals surface area contributed by atoms with Crippen LogP contribution in [0.25, 0.3) is 11.3 Å². The van der Waals surface area contributed by atoms with Crippen molar-refractivity contribution in [2.24, 2.45) is 0 Å². The van der Waals surface area contributed by atoms with Gasteiger partial charge in [0.1, 0.15) is 5.75 Å². The van der Waals surface area contributed by atoms with Gasteiger partial charge in [0.05, 0.1) is 7.11 Å². The first-order valence-corrected chi connectivity index (χ1v) is 6.02. The fraction of sp³-hybridized carbons (Fsp3) is 0.286. The highest BCUT2D eigenvalue weighted by Crippen LogP contribution is 2.27. The summed E-state index contributed by atoms with van der Waals surface area (Å²) in [6.07, 6.45) is 0. The zero-order chi connectivity index (χ0) is 14.7. The zero-order valence-corrected chi connectivity index (χ0v) is 11.6. The summed E-state index contributed by atoms with van der Waals surface area (Å²) in [5.41, 5.74) is 1.66. The number of carboxylic acid groups (broad SMARTS) is 1. The number of benzene rings is 1. The Morgan fingerprint density at radius 3 is 2.65 bits per heavy atom. The molecule has 0 saturated carbocycles. The summed E-state index contributed by atoms with van der Waals surface area (Å²) >= 11 is 0. The van der Waals surface area contributed by atoms with Crippen molar-refractivity contribution in [3.05, 3.63) is 35.5 Å². The van der Waals surface area contributed by atoms with Crippen molar-refractivity contribution in [1.82, 2.24) is 10.1 Å². The van der Waals surface area contributed by atoms with Gasteiger partial charge in [-0.1, -0.05) is 5.16 Å². The molecule has 1 aromatic carbocycles. The molecule has 1 N–H and O–H groups in total. The van der Waals surface area contributed by atoms with Gasteiger partial charge in [-0.25, -0.2) is 4.79 Å². The Labute approximate surface area is 116 Å². The smallest absolute Gasteiger partial charge is 0.358 e. The molecule has 0 aliphatic rings. The Morgan fingerprint density at radius 2 is 2.10 bits per heavy atom. The molecule has 1 aromatic heterocycles. The molecule has 0 atom stereocenters. The predicted octanol–water partition coefficient (Wildman–Crippen LogP) is 2.11. The average Bonchev–Trinajstić information content (AvgIpc) is 2.87. The van der Waals surface area contributed by atoms with Crippen LogP contribution >= 0.6 is 0 Å². The van der Waals surface area contributed by atoms with E-state index in [-0.39, 0.29) is 5.69 Å². The molecular weight excluding hydrogens is 260 g/mol. The lowest BCUT2D eigenvalue weighted by Crippen LogP contribution is -2.10. The molecule has 0 fully saturated rings. The Balaban J connectivity index is 2.40. The Morgan fingerprint density at radius 1 is 1.35 bits per heavy atom. The highest BCUT2D eigenvalue weighted by atomic mass is 16.5. The van der Waals surface area contributed by atoms with Crippen molar-refractivity contribution < 1.29 is 19.2 Å². The molecule has 0 radical (unpaired) electrons. The second-order valence-corrected chi connectivity index (χ2v) is 4.69. The van der Waals surface area contributed by atoms with Gasteiger partial charge in [0.25, 0.3) is 0 Å². The maximum absolute atomic E-state index is 10.8. The van der Waals surface area contributed by atoms with E-state index in [4.69, 9.17) is 14.4 Å². The molecule has 0 aliphatic carbocycles. The summed E-state index contributed by atoms with van der Waals surface area (Å²) in [6, 6.07) is 7.04. The Hall–Kier alpha value is -2.34. The van der Waals surface area contributed by atoms with E-state index >= 15 is 0 Å². The molecule has 1 heterocycles. The number of hydrogen-bond acceptors (Lipinski definition) is 5. The third kappa shape index (κ3) is 3.16. The van der Waals surface area contributed by atoms with E-state index in [2.05, 4.69) is 5.16 Å². The normalized spacial score (nSPS) is 10.8. The van der Waals surface area contributed by atoms with E-state index in [1.165, 1.54) is 6.07 Å². The monoisotopic (exact) mass is 276 g/mol. The average molecular weight is 276 g/mol. The van der Waals surface area contributed by atoms with Crippen molar-refractivity contribution in [1.29, 1.82) is 0 Å². The number of nitrogens with zero attached hydrogens (tertiary/aromatic N) is 2. The molecule has 0 bridgehead atoms. The number of hydrogen-bond donors (Lipinski definition) is 1. The van der Waals surface area contributed by atoms with Gasteiger partial charge in [-0.2, -0.15) is 0 Å². The summed E-state index contributed by atoms with van der Waals surface area (Å²) in [4.78, 5) is 12.9. The van der Waals surface area contributed by atoms with Gasteiger partial charge < -0.3 is 19.3 Å². The number of aromatic carboxylic acids is 1. The zero-order valence-electron chi connectivity index (χ0n) is 11.6. The van der Waals surface area contributed by atoms with Crippen LogP contribution in [0.1, 0.15) is 16.1 Å². The summed E-state index contributed by atoms with van der Waals surface area (Å²) in [6.45, 7) is 0.740. The standard InChI is InChI=1S/C14H16N2O4/c1-16(2)8-9-4-10(6-11(5-9)19-3)13-7-12(14(17)18)15-20-13/h4-7H,8H2,1-3H3,(H,17,18). The van der Waals surface area contributed by atoms with E-state index in [1.54, 1.807) is 13.2 Å². The van der Waals surface area contributed by atoms with Crippen molar-refractivity contribution in [3.8, 4) is 17.1 Å². The summed E-state index contributed by atoms with van der Waals surface area (Å²) < 4.78 is 10.3. The lowest BCUT2D eigenvalue weighted by Gasteiger charge is -2.12. The molecule has 0 spiro atoms. The molecule has 20 heavy (non-hydrogen) atoms. The van der Waals surface area contributed by atoms with E-state index < -0.39 is 5.97 Å². The summed E-state index contributed by atoms with van der Waals surface area (Å²) in [5, 5.41) is 12.4. The van der Waals surface area contributed by atoms with E-state index in [9.17, 15) is 4.79 Å². The highest BCUT2D eigenvalue weighted by Gasteiger charge is 2.13. The Kier molecular flexibility index (Phi) is 4.05. The van der Waals surface area contributed by atoms with Gasteiger partial charge in [0.2, 0.25) is 0 Å². The number of ether oxygens (including phenoxy) is 1. The number of rotatable bonds is 5. The van der Waals surface area contributed by atoms with E-state index in [1.807, 2.05) is 31.1 Å². The van der Waals surface area contributed by atoms with Gasteiger partial charge in [0.15, 0.2) is 11.5 Å². The van der Waals surface area contributed by atoms with Gasteiger partial charge in [-0.15, -0.1) is 0 Å². The lowest BCUT2D eigenvalue weighted by molar-refractivity contribution is 0.0686. The molecule has 0 aliphatic heterocycles. The minimum absolute atomic E-state index is 0.114. The van der Waals surface area contributed by atoms with Crippen LogP contribution in [0.5, 0.6) is 5.75 Å². The first kappa shape index (κ1) is 14.1. The SMILES string of the molecule is COc1cc(CN(C)C)cc(-c2cc(C(=O)O)no2)c1. The molecule has 0 unspecified atom stereocenters. The van der Waals surface area contributed by atoms with Crippen molar-refractivity contribution in [3.63, 3.8) is 0 Å². The second kappa shape index (κ2) is 5.75. The van der Waals surface area contributed by atoms with E-state index in [0.29, 0.717) is 11.5 Å². The van der Waals surface area contributed by atoms with E-state index in [0.717, 1.165) is 17.7 Å². The second-order valence-electron chi connectivity index (χ2n) is 4.69. The fourth-order valence-corrected chi connectivity index (χ4v) is 1.89. The Bertz CT molecular complexity index is 619. The van der Waals surface area contributed by atoms with Gasteiger partial charge in [-0.3, -0.25) is 0 Å². The van der Waals surface area contributed by atoms with Crippen LogP contribution in [0.3, 0.4) is 0 Å². The molecule has 6 nitrogen and oxygen atoms in total.